The van der Waals surface area contributed by atoms with E-state index in [-0.39, 0.29) is 6.04 Å². The highest BCUT2D eigenvalue weighted by Gasteiger charge is 2.22. The van der Waals surface area contributed by atoms with Gasteiger partial charge in [0, 0.05) is 12.3 Å². The summed E-state index contributed by atoms with van der Waals surface area (Å²) in [6.07, 6.45) is 3.26. The van der Waals surface area contributed by atoms with Crippen molar-refractivity contribution in [2.24, 2.45) is 0 Å². The van der Waals surface area contributed by atoms with Crippen molar-refractivity contribution in [2.45, 2.75) is 25.3 Å². The zero-order chi connectivity index (χ0) is 12.2. The molecule has 1 unspecified atom stereocenters. The molecule has 1 heterocycles. The summed E-state index contributed by atoms with van der Waals surface area (Å²) in [6.45, 7) is 1.64. The Hall–Kier alpha value is -0.180. The first kappa shape index (κ1) is 13.9. The Morgan fingerprint density at radius 3 is 2.50 bits per heavy atom. The van der Waals surface area contributed by atoms with Crippen molar-refractivity contribution in [1.82, 2.24) is 10.0 Å². The molecule has 0 bridgehead atoms. The smallest absolute Gasteiger partial charge is 0.226 e. The fourth-order valence-corrected chi connectivity index (χ4v) is 4.98. The van der Waals surface area contributed by atoms with Crippen LogP contribution in [0.2, 0.25) is 0 Å². The highest BCUT2D eigenvalue weighted by Crippen LogP contribution is 2.07. The minimum absolute atomic E-state index is 0.151. The van der Waals surface area contributed by atoms with Crippen molar-refractivity contribution < 1.29 is 16.8 Å². The lowest BCUT2D eigenvalue weighted by Crippen LogP contribution is -2.38. The minimum atomic E-state index is -3.72. The van der Waals surface area contributed by atoms with E-state index in [1.165, 1.54) is 0 Å². The van der Waals surface area contributed by atoms with E-state index in [2.05, 4.69) is 10.0 Å². The van der Waals surface area contributed by atoms with Crippen LogP contribution >= 0.6 is 0 Å². The molecule has 6 nitrogen and oxygen atoms in total. The molecule has 1 saturated heterocycles. The fraction of sp³-hybridized carbons (Fsp3) is 1.00. The third kappa shape index (κ3) is 5.78. The summed E-state index contributed by atoms with van der Waals surface area (Å²) in [6, 6.07) is -0.151. The Morgan fingerprint density at radius 1 is 1.19 bits per heavy atom. The van der Waals surface area contributed by atoms with Crippen LogP contribution in [0.1, 0.15) is 19.3 Å². The molecule has 0 aliphatic carbocycles. The van der Waals surface area contributed by atoms with Gasteiger partial charge in [-0.15, -0.1) is 0 Å². The zero-order valence-corrected chi connectivity index (χ0v) is 10.9. The number of hydrogen-bond donors (Lipinski definition) is 2. The van der Waals surface area contributed by atoms with E-state index in [1.807, 2.05) is 0 Å². The van der Waals surface area contributed by atoms with E-state index in [0.29, 0.717) is 6.42 Å². The summed E-state index contributed by atoms with van der Waals surface area (Å²) in [5.41, 5.74) is 0. The number of sulfonamides is 1. The van der Waals surface area contributed by atoms with Crippen molar-refractivity contribution in [3.8, 4) is 0 Å². The van der Waals surface area contributed by atoms with Crippen LogP contribution in [0.5, 0.6) is 0 Å². The number of nitrogens with one attached hydrogen (secondary N) is 2. The standard InChI is InChI=1S/C8H18N2O4S2/c1-15(11,12)7-16(13,14)10-8-3-2-5-9-6-4-8/h8-10H,2-7H2,1H3. The normalized spacial score (nSPS) is 23.9. The molecule has 2 N–H and O–H groups in total. The van der Waals surface area contributed by atoms with Crippen molar-refractivity contribution in [3.63, 3.8) is 0 Å². The molecule has 0 spiro atoms. The molecule has 0 radical (unpaired) electrons. The van der Waals surface area contributed by atoms with Gasteiger partial charge in [0.15, 0.2) is 14.9 Å². The van der Waals surface area contributed by atoms with Crippen LogP contribution in [0.25, 0.3) is 0 Å². The molecule has 1 atom stereocenters. The largest absolute Gasteiger partial charge is 0.317 e. The molecule has 1 rings (SSSR count). The molecule has 0 aromatic heterocycles. The SMILES string of the molecule is CS(=O)(=O)CS(=O)(=O)NC1CCCNCC1. The van der Waals surface area contributed by atoms with Crippen LogP contribution in [0.4, 0.5) is 0 Å². The highest BCUT2D eigenvalue weighted by atomic mass is 32.3. The lowest BCUT2D eigenvalue weighted by atomic mass is 10.1. The zero-order valence-electron chi connectivity index (χ0n) is 9.27. The molecular formula is C8H18N2O4S2. The average molecular weight is 270 g/mol. The summed E-state index contributed by atoms with van der Waals surface area (Å²) in [7, 11) is -7.23. The quantitative estimate of drug-likeness (QED) is 0.687. The summed E-state index contributed by atoms with van der Waals surface area (Å²) in [4.78, 5) is 0. The first-order valence-electron chi connectivity index (χ1n) is 5.17. The summed E-state index contributed by atoms with van der Waals surface area (Å²) in [5, 5.41) is 2.33. The number of sulfone groups is 1. The van der Waals surface area contributed by atoms with Gasteiger partial charge in [-0.25, -0.2) is 21.6 Å². The summed E-state index contributed by atoms with van der Waals surface area (Å²) < 4.78 is 47.3. The second-order valence-electron chi connectivity index (χ2n) is 4.15. The third-order valence-corrected chi connectivity index (χ3v) is 5.94. The molecule has 1 aliphatic heterocycles. The van der Waals surface area contributed by atoms with Crippen molar-refractivity contribution in [1.29, 1.82) is 0 Å². The molecule has 0 amide bonds. The molecule has 0 aromatic rings. The average Bonchev–Trinajstić information content (AvgIpc) is 2.26. The van der Waals surface area contributed by atoms with Crippen molar-refractivity contribution in [3.05, 3.63) is 0 Å². The van der Waals surface area contributed by atoms with E-state index in [9.17, 15) is 16.8 Å². The molecule has 0 saturated carbocycles. The molecule has 1 aliphatic rings. The summed E-state index contributed by atoms with van der Waals surface area (Å²) in [5.74, 6) is 0. The Morgan fingerprint density at radius 2 is 1.88 bits per heavy atom. The van der Waals surface area contributed by atoms with Gasteiger partial charge < -0.3 is 5.32 Å². The Balaban J connectivity index is 2.57. The maximum absolute atomic E-state index is 11.5. The second kappa shape index (κ2) is 5.44. The van der Waals surface area contributed by atoms with Crippen LogP contribution in [0, 0.1) is 0 Å². The van der Waals surface area contributed by atoms with Crippen molar-refractivity contribution in [2.75, 3.05) is 24.4 Å². The highest BCUT2D eigenvalue weighted by molar-refractivity contribution is 8.06. The lowest BCUT2D eigenvalue weighted by molar-refractivity contribution is 0.520. The van der Waals surface area contributed by atoms with Gasteiger partial charge in [-0.05, 0) is 32.4 Å². The van der Waals surface area contributed by atoms with Crippen LogP contribution in [0.3, 0.4) is 0 Å². The Labute approximate surface area is 96.8 Å². The van der Waals surface area contributed by atoms with Crippen LogP contribution in [-0.2, 0) is 19.9 Å². The predicted molar refractivity (Wildman–Crippen MR) is 62.3 cm³/mol. The van der Waals surface area contributed by atoms with Crippen LogP contribution < -0.4 is 10.0 Å². The van der Waals surface area contributed by atoms with E-state index < -0.39 is 24.9 Å². The molecule has 16 heavy (non-hydrogen) atoms. The molecule has 96 valence electrons. The van der Waals surface area contributed by atoms with Crippen molar-refractivity contribution >= 4 is 19.9 Å². The maximum Gasteiger partial charge on any atom is 0.226 e. The van der Waals surface area contributed by atoms with E-state index >= 15 is 0 Å². The number of hydrogen-bond acceptors (Lipinski definition) is 5. The van der Waals surface area contributed by atoms with Crippen LogP contribution in [-0.4, -0.2) is 47.3 Å². The molecular weight excluding hydrogens is 252 g/mol. The molecule has 0 aromatic carbocycles. The monoisotopic (exact) mass is 270 g/mol. The van der Waals surface area contributed by atoms with E-state index in [4.69, 9.17) is 0 Å². The predicted octanol–water partition coefficient (Wildman–Crippen LogP) is -0.950. The van der Waals surface area contributed by atoms with Gasteiger partial charge in [-0.2, -0.15) is 0 Å². The van der Waals surface area contributed by atoms with Gasteiger partial charge >= 0.3 is 0 Å². The fourth-order valence-electron chi connectivity index (χ4n) is 1.71. The Kier molecular flexibility index (Phi) is 4.72. The Bertz CT molecular complexity index is 407. The third-order valence-electron chi connectivity index (χ3n) is 2.29. The van der Waals surface area contributed by atoms with E-state index in [0.717, 1.165) is 32.2 Å². The lowest BCUT2D eigenvalue weighted by Gasteiger charge is -2.15. The van der Waals surface area contributed by atoms with E-state index in [1.54, 1.807) is 0 Å². The topological polar surface area (TPSA) is 92.3 Å². The van der Waals surface area contributed by atoms with Gasteiger partial charge in [0.1, 0.15) is 0 Å². The van der Waals surface area contributed by atoms with Gasteiger partial charge in [0.25, 0.3) is 0 Å². The minimum Gasteiger partial charge on any atom is -0.317 e. The molecule has 8 heteroatoms. The second-order valence-corrected chi connectivity index (χ2v) is 8.41. The van der Waals surface area contributed by atoms with Gasteiger partial charge in [-0.3, -0.25) is 0 Å². The van der Waals surface area contributed by atoms with Gasteiger partial charge in [0.05, 0.1) is 0 Å². The first-order valence-corrected chi connectivity index (χ1v) is 8.88. The maximum atomic E-state index is 11.5. The van der Waals surface area contributed by atoms with Crippen LogP contribution in [0.15, 0.2) is 0 Å². The number of rotatable bonds is 4. The first-order chi connectivity index (χ1) is 7.29. The van der Waals surface area contributed by atoms with Gasteiger partial charge in [0.2, 0.25) is 10.0 Å². The van der Waals surface area contributed by atoms with Gasteiger partial charge in [-0.1, -0.05) is 0 Å². The molecule has 1 fully saturated rings. The summed E-state index contributed by atoms with van der Waals surface area (Å²) >= 11 is 0.